The predicted molar refractivity (Wildman–Crippen MR) is 85.9 cm³/mol. The molecule has 3 nitrogen and oxygen atoms in total. The minimum absolute atomic E-state index is 0.239. The van der Waals surface area contributed by atoms with Crippen molar-refractivity contribution in [1.29, 1.82) is 0 Å². The van der Waals surface area contributed by atoms with Gasteiger partial charge in [-0.1, -0.05) is 33.1 Å². The van der Waals surface area contributed by atoms with Gasteiger partial charge in [-0.3, -0.25) is 4.79 Å². The van der Waals surface area contributed by atoms with Gasteiger partial charge in [0.05, 0.1) is 0 Å². The number of nitrogens with zero attached hydrogens (tertiary/aromatic N) is 1. The minimum Gasteiger partial charge on any atom is -0.356 e. The maximum atomic E-state index is 11.6. The minimum atomic E-state index is 0.239. The van der Waals surface area contributed by atoms with Crippen molar-refractivity contribution in [2.24, 2.45) is 0 Å². The van der Waals surface area contributed by atoms with Crippen LogP contribution in [0.25, 0.3) is 0 Å². The van der Waals surface area contributed by atoms with E-state index >= 15 is 0 Å². The van der Waals surface area contributed by atoms with E-state index in [1.165, 1.54) is 58.0 Å². The van der Waals surface area contributed by atoms with Crippen LogP contribution >= 0.6 is 0 Å². The molecule has 0 aromatic carbocycles. The third-order valence-electron chi connectivity index (χ3n) is 4.42. The van der Waals surface area contributed by atoms with Crippen LogP contribution in [0.15, 0.2) is 0 Å². The number of piperidine rings is 1. The Morgan fingerprint density at radius 2 is 2.00 bits per heavy atom. The first-order chi connectivity index (χ1) is 9.77. The van der Waals surface area contributed by atoms with Gasteiger partial charge in [0, 0.05) is 19.0 Å². The zero-order valence-electron chi connectivity index (χ0n) is 13.6. The van der Waals surface area contributed by atoms with Gasteiger partial charge in [-0.2, -0.15) is 0 Å². The summed E-state index contributed by atoms with van der Waals surface area (Å²) in [5.74, 6) is 0.239. The van der Waals surface area contributed by atoms with E-state index in [4.69, 9.17) is 0 Å². The van der Waals surface area contributed by atoms with E-state index in [0.29, 0.717) is 6.42 Å². The van der Waals surface area contributed by atoms with Gasteiger partial charge in [0.25, 0.3) is 0 Å². The first-order valence-electron chi connectivity index (χ1n) is 8.78. The number of carbonyl (C=O) groups excluding carboxylic acids is 1. The summed E-state index contributed by atoms with van der Waals surface area (Å²) >= 11 is 0. The average Bonchev–Trinajstić information content (AvgIpc) is 2.47. The summed E-state index contributed by atoms with van der Waals surface area (Å²) in [6, 6.07) is 0.812. The molecule has 0 radical (unpaired) electrons. The first kappa shape index (κ1) is 17.5. The molecule has 20 heavy (non-hydrogen) atoms. The van der Waals surface area contributed by atoms with Crippen LogP contribution in [0.1, 0.15) is 78.1 Å². The highest BCUT2D eigenvalue weighted by Gasteiger charge is 2.19. The average molecular weight is 282 g/mol. The Balaban J connectivity index is 1.99. The molecule has 0 aliphatic carbocycles. The molecule has 1 aliphatic rings. The number of likely N-dealkylation sites (tertiary alicyclic amines) is 1. The van der Waals surface area contributed by atoms with Crippen LogP contribution in [0.4, 0.5) is 0 Å². The molecule has 3 heteroatoms. The molecule has 1 heterocycles. The molecule has 1 amide bonds. The molecule has 0 saturated carbocycles. The van der Waals surface area contributed by atoms with E-state index in [-0.39, 0.29) is 5.91 Å². The summed E-state index contributed by atoms with van der Waals surface area (Å²) in [6.07, 6.45) is 11.9. The second-order valence-electron chi connectivity index (χ2n) is 6.11. The van der Waals surface area contributed by atoms with Gasteiger partial charge < -0.3 is 10.2 Å². The van der Waals surface area contributed by atoms with Crippen LogP contribution in [0.2, 0.25) is 0 Å². The molecule has 0 aromatic rings. The molecular weight excluding hydrogens is 248 g/mol. The Morgan fingerprint density at radius 3 is 2.75 bits per heavy atom. The monoisotopic (exact) mass is 282 g/mol. The molecule has 0 aromatic heterocycles. The van der Waals surface area contributed by atoms with Gasteiger partial charge in [-0.05, 0) is 51.6 Å². The van der Waals surface area contributed by atoms with E-state index < -0.39 is 0 Å². The summed E-state index contributed by atoms with van der Waals surface area (Å²) in [7, 11) is 0. The van der Waals surface area contributed by atoms with Crippen LogP contribution in [0, 0.1) is 0 Å². The lowest BCUT2D eigenvalue weighted by Gasteiger charge is -2.35. The number of unbranched alkanes of at least 4 members (excludes halogenated alkanes) is 3. The molecule has 1 atom stereocenters. The van der Waals surface area contributed by atoms with Crippen molar-refractivity contribution in [3.8, 4) is 0 Å². The summed E-state index contributed by atoms with van der Waals surface area (Å²) in [4.78, 5) is 14.2. The largest absolute Gasteiger partial charge is 0.356 e. The predicted octanol–water partition coefficient (Wildman–Crippen LogP) is 3.73. The Morgan fingerprint density at radius 1 is 1.15 bits per heavy atom. The topological polar surface area (TPSA) is 32.3 Å². The first-order valence-corrected chi connectivity index (χ1v) is 8.78. The molecule has 1 unspecified atom stereocenters. The fourth-order valence-corrected chi connectivity index (χ4v) is 3.11. The van der Waals surface area contributed by atoms with Gasteiger partial charge >= 0.3 is 0 Å². The Hall–Kier alpha value is -0.570. The Labute approximate surface area is 125 Å². The fourth-order valence-electron chi connectivity index (χ4n) is 3.11. The highest BCUT2D eigenvalue weighted by molar-refractivity contribution is 5.75. The normalized spacial score (nSPS) is 20.0. The van der Waals surface area contributed by atoms with E-state index in [0.717, 1.165) is 25.4 Å². The molecule has 1 N–H and O–H groups in total. The van der Waals surface area contributed by atoms with Gasteiger partial charge in [0.1, 0.15) is 0 Å². The summed E-state index contributed by atoms with van der Waals surface area (Å²) < 4.78 is 0. The van der Waals surface area contributed by atoms with Crippen molar-refractivity contribution >= 4 is 5.91 Å². The number of hydrogen-bond donors (Lipinski definition) is 1. The molecule has 1 saturated heterocycles. The molecule has 0 spiro atoms. The van der Waals surface area contributed by atoms with Crippen molar-refractivity contribution in [1.82, 2.24) is 10.2 Å². The second-order valence-corrected chi connectivity index (χ2v) is 6.11. The van der Waals surface area contributed by atoms with Crippen molar-refractivity contribution < 1.29 is 4.79 Å². The fraction of sp³-hybridized carbons (Fsp3) is 0.941. The number of nitrogens with one attached hydrogen (secondary N) is 1. The summed E-state index contributed by atoms with van der Waals surface area (Å²) in [6.45, 7) is 7.82. The van der Waals surface area contributed by atoms with Gasteiger partial charge in [-0.15, -0.1) is 0 Å². The van der Waals surface area contributed by atoms with Crippen molar-refractivity contribution in [2.45, 2.75) is 84.1 Å². The molecule has 1 aliphatic heterocycles. The van der Waals surface area contributed by atoms with Gasteiger partial charge in [0.15, 0.2) is 0 Å². The van der Waals surface area contributed by atoms with Crippen LogP contribution < -0.4 is 5.32 Å². The zero-order chi connectivity index (χ0) is 14.6. The summed E-state index contributed by atoms with van der Waals surface area (Å²) in [5, 5.41) is 3.05. The number of hydrogen-bond acceptors (Lipinski definition) is 2. The lowest BCUT2D eigenvalue weighted by molar-refractivity contribution is -0.121. The van der Waals surface area contributed by atoms with Crippen molar-refractivity contribution in [2.75, 3.05) is 19.6 Å². The van der Waals surface area contributed by atoms with Crippen LogP contribution in [-0.4, -0.2) is 36.5 Å². The van der Waals surface area contributed by atoms with Crippen molar-refractivity contribution in [3.63, 3.8) is 0 Å². The smallest absolute Gasteiger partial charge is 0.219 e. The number of rotatable bonds is 10. The van der Waals surface area contributed by atoms with Crippen molar-refractivity contribution in [3.05, 3.63) is 0 Å². The maximum Gasteiger partial charge on any atom is 0.219 e. The third-order valence-corrected chi connectivity index (χ3v) is 4.42. The van der Waals surface area contributed by atoms with Crippen LogP contribution in [-0.2, 0) is 4.79 Å². The van der Waals surface area contributed by atoms with E-state index in [2.05, 4.69) is 24.1 Å². The molecule has 1 rings (SSSR count). The number of amides is 1. The van der Waals surface area contributed by atoms with Crippen LogP contribution in [0.3, 0.4) is 0 Å². The highest BCUT2D eigenvalue weighted by Crippen LogP contribution is 2.19. The second kappa shape index (κ2) is 11.1. The molecule has 1 fully saturated rings. The Kier molecular flexibility index (Phi) is 9.73. The SMILES string of the molecule is CCCCCC(=O)NCCCCN1CCCCC1CC. The highest BCUT2D eigenvalue weighted by atomic mass is 16.1. The maximum absolute atomic E-state index is 11.6. The number of carbonyl (C=O) groups is 1. The zero-order valence-corrected chi connectivity index (χ0v) is 13.6. The lowest BCUT2D eigenvalue weighted by atomic mass is 10.00. The lowest BCUT2D eigenvalue weighted by Crippen LogP contribution is -2.39. The standard InChI is InChI=1S/C17H34N2O/c1-3-5-6-12-17(20)18-13-8-10-15-19-14-9-7-11-16(19)4-2/h16H,3-15H2,1-2H3,(H,18,20). The molecule has 118 valence electrons. The molecular formula is C17H34N2O. The third kappa shape index (κ3) is 7.28. The van der Waals surface area contributed by atoms with Gasteiger partial charge in [-0.25, -0.2) is 0 Å². The summed E-state index contributed by atoms with van der Waals surface area (Å²) in [5.41, 5.74) is 0. The van der Waals surface area contributed by atoms with Crippen LogP contribution in [0.5, 0.6) is 0 Å². The quantitative estimate of drug-likeness (QED) is 0.619. The molecule has 0 bridgehead atoms. The van der Waals surface area contributed by atoms with E-state index in [1.807, 2.05) is 0 Å². The Bertz CT molecular complexity index is 255. The van der Waals surface area contributed by atoms with Gasteiger partial charge in [0.2, 0.25) is 5.91 Å². The van der Waals surface area contributed by atoms with E-state index in [1.54, 1.807) is 0 Å². The van der Waals surface area contributed by atoms with E-state index in [9.17, 15) is 4.79 Å².